The average molecular weight is 451 g/mol. The third-order valence-corrected chi connectivity index (χ3v) is 5.26. The van der Waals surface area contributed by atoms with E-state index in [4.69, 9.17) is 10.8 Å². The highest BCUT2D eigenvalue weighted by Crippen LogP contribution is 2.08. The van der Waals surface area contributed by atoms with Crippen LogP contribution in [0.5, 0.6) is 0 Å². The van der Waals surface area contributed by atoms with Gasteiger partial charge in [-0.25, -0.2) is 0 Å². The summed E-state index contributed by atoms with van der Waals surface area (Å²) in [6.45, 7) is 3.32. The zero-order valence-corrected chi connectivity index (χ0v) is 19.2. The molecule has 0 heterocycles. The molecule has 9 nitrogen and oxygen atoms in total. The van der Waals surface area contributed by atoms with Gasteiger partial charge in [-0.2, -0.15) is 23.5 Å². The van der Waals surface area contributed by atoms with Crippen molar-refractivity contribution < 1.29 is 24.3 Å². The topological polar surface area (TPSA) is 151 Å². The van der Waals surface area contributed by atoms with Crippen molar-refractivity contribution in [3.63, 3.8) is 0 Å². The Labute approximate surface area is 181 Å². The van der Waals surface area contributed by atoms with Crippen molar-refractivity contribution in [2.24, 2.45) is 11.7 Å². The maximum atomic E-state index is 12.8. The number of carboxylic acid groups (broad SMARTS) is 1. The first-order valence-corrected chi connectivity index (χ1v) is 12.2. The molecule has 0 saturated heterocycles. The monoisotopic (exact) mass is 450 g/mol. The molecule has 0 aromatic heterocycles. The molecule has 0 aromatic rings. The van der Waals surface area contributed by atoms with E-state index in [0.29, 0.717) is 25.0 Å². The Morgan fingerprint density at radius 2 is 1.45 bits per heavy atom. The second kappa shape index (κ2) is 15.4. The predicted molar refractivity (Wildman–Crippen MR) is 118 cm³/mol. The third-order valence-electron chi connectivity index (χ3n) is 3.97. The predicted octanol–water partition coefficient (Wildman–Crippen LogP) is 0.0364. The van der Waals surface area contributed by atoms with E-state index < -0.39 is 48.4 Å². The summed E-state index contributed by atoms with van der Waals surface area (Å²) < 4.78 is 0. The Bertz CT molecular complexity index is 548. The molecular weight excluding hydrogens is 416 g/mol. The second-order valence-electron chi connectivity index (χ2n) is 7.03. The fourth-order valence-electron chi connectivity index (χ4n) is 2.42. The van der Waals surface area contributed by atoms with Gasteiger partial charge in [0, 0.05) is 0 Å². The Balaban J connectivity index is 5.13. The summed E-state index contributed by atoms with van der Waals surface area (Å²) in [5.41, 5.74) is 5.89. The molecule has 3 unspecified atom stereocenters. The molecule has 0 bridgehead atoms. The van der Waals surface area contributed by atoms with Gasteiger partial charge < -0.3 is 26.8 Å². The minimum Gasteiger partial charge on any atom is -0.480 e. The molecule has 0 aliphatic carbocycles. The molecule has 6 N–H and O–H groups in total. The highest BCUT2D eigenvalue weighted by atomic mass is 32.2. The van der Waals surface area contributed by atoms with Crippen LogP contribution in [0.3, 0.4) is 0 Å². The van der Waals surface area contributed by atoms with Gasteiger partial charge in [-0.05, 0) is 49.2 Å². The van der Waals surface area contributed by atoms with E-state index in [1.807, 2.05) is 26.4 Å². The van der Waals surface area contributed by atoms with E-state index >= 15 is 0 Å². The molecule has 0 rings (SSSR count). The molecule has 29 heavy (non-hydrogen) atoms. The number of aliphatic carboxylic acids is 1. The standard InChI is InChI=1S/C18H34N4O5S2/c1-11(2)9-14(22-16(25)12(19)5-7-28-3)18(27)21-13(6-8-29-4)17(26)20-10-15(23)24/h11-14H,5-10,19H2,1-4H3,(H,20,26)(H,21,27)(H,22,25)(H,23,24). The number of rotatable bonds is 15. The largest absolute Gasteiger partial charge is 0.480 e. The van der Waals surface area contributed by atoms with Crippen LogP contribution in [0.15, 0.2) is 0 Å². The van der Waals surface area contributed by atoms with Crippen molar-refractivity contribution in [1.29, 1.82) is 0 Å². The van der Waals surface area contributed by atoms with Crippen LogP contribution in [-0.2, 0) is 19.2 Å². The van der Waals surface area contributed by atoms with E-state index in [0.717, 1.165) is 5.75 Å². The molecule has 168 valence electrons. The van der Waals surface area contributed by atoms with Crippen LogP contribution >= 0.6 is 23.5 Å². The van der Waals surface area contributed by atoms with Gasteiger partial charge in [-0.1, -0.05) is 13.8 Å². The Kier molecular flexibility index (Phi) is 14.6. The number of nitrogens with one attached hydrogen (secondary N) is 3. The highest BCUT2D eigenvalue weighted by Gasteiger charge is 2.28. The lowest BCUT2D eigenvalue weighted by Crippen LogP contribution is -2.56. The van der Waals surface area contributed by atoms with E-state index in [2.05, 4.69) is 16.0 Å². The molecule has 0 aliphatic rings. The van der Waals surface area contributed by atoms with Gasteiger partial charge in [-0.15, -0.1) is 0 Å². The summed E-state index contributed by atoms with van der Waals surface area (Å²) in [5.74, 6) is -1.17. The van der Waals surface area contributed by atoms with Crippen LogP contribution in [0, 0.1) is 5.92 Å². The van der Waals surface area contributed by atoms with E-state index in [9.17, 15) is 19.2 Å². The highest BCUT2D eigenvalue weighted by molar-refractivity contribution is 7.98. The summed E-state index contributed by atoms with van der Waals surface area (Å²) in [6.07, 6.45) is 5.01. The zero-order valence-electron chi connectivity index (χ0n) is 17.5. The Hall–Kier alpha value is -1.46. The Morgan fingerprint density at radius 1 is 0.897 bits per heavy atom. The van der Waals surface area contributed by atoms with Gasteiger partial charge >= 0.3 is 5.97 Å². The van der Waals surface area contributed by atoms with Crippen molar-refractivity contribution >= 4 is 47.2 Å². The van der Waals surface area contributed by atoms with Crippen LogP contribution in [0.4, 0.5) is 0 Å². The van der Waals surface area contributed by atoms with Crippen LogP contribution in [-0.4, -0.2) is 77.5 Å². The van der Waals surface area contributed by atoms with E-state index in [-0.39, 0.29) is 5.92 Å². The lowest BCUT2D eigenvalue weighted by atomic mass is 10.0. The number of carbonyl (C=O) groups is 4. The summed E-state index contributed by atoms with van der Waals surface area (Å²) in [5, 5.41) is 16.4. The number of hydrogen-bond acceptors (Lipinski definition) is 7. The molecule has 0 spiro atoms. The molecular formula is C18H34N4O5S2. The summed E-state index contributed by atoms with van der Waals surface area (Å²) >= 11 is 3.09. The zero-order chi connectivity index (χ0) is 22.4. The summed E-state index contributed by atoms with van der Waals surface area (Å²) in [7, 11) is 0. The molecule has 0 fully saturated rings. The SMILES string of the molecule is CSCCC(N)C(=O)NC(CC(C)C)C(=O)NC(CCSC)C(=O)NCC(=O)O. The molecule has 3 amide bonds. The van der Waals surface area contributed by atoms with Gasteiger partial charge in [-0.3, -0.25) is 19.2 Å². The van der Waals surface area contributed by atoms with Gasteiger partial charge in [0.15, 0.2) is 0 Å². The molecule has 3 atom stereocenters. The number of carbonyl (C=O) groups excluding carboxylic acids is 3. The molecule has 0 saturated carbocycles. The average Bonchev–Trinajstić information content (AvgIpc) is 2.65. The number of nitrogens with two attached hydrogens (primary N) is 1. The maximum absolute atomic E-state index is 12.8. The van der Waals surface area contributed by atoms with Crippen molar-refractivity contribution in [1.82, 2.24) is 16.0 Å². The van der Waals surface area contributed by atoms with Crippen molar-refractivity contribution in [3.05, 3.63) is 0 Å². The number of amides is 3. The van der Waals surface area contributed by atoms with Crippen LogP contribution in [0.2, 0.25) is 0 Å². The first-order valence-electron chi connectivity index (χ1n) is 9.46. The van der Waals surface area contributed by atoms with Gasteiger partial charge in [0.2, 0.25) is 17.7 Å². The van der Waals surface area contributed by atoms with Gasteiger partial charge in [0.1, 0.15) is 18.6 Å². The Morgan fingerprint density at radius 3 is 1.97 bits per heavy atom. The first-order chi connectivity index (χ1) is 13.6. The van der Waals surface area contributed by atoms with E-state index in [1.165, 1.54) is 11.8 Å². The minimum absolute atomic E-state index is 0.124. The number of carboxylic acids is 1. The van der Waals surface area contributed by atoms with Crippen molar-refractivity contribution in [3.8, 4) is 0 Å². The molecule has 0 aromatic carbocycles. The molecule has 0 aliphatic heterocycles. The fourth-order valence-corrected chi connectivity index (χ4v) is 3.38. The lowest BCUT2D eigenvalue weighted by molar-refractivity contribution is -0.138. The van der Waals surface area contributed by atoms with Crippen LogP contribution in [0.25, 0.3) is 0 Å². The maximum Gasteiger partial charge on any atom is 0.322 e. The van der Waals surface area contributed by atoms with E-state index in [1.54, 1.807) is 11.8 Å². The number of thioether (sulfide) groups is 2. The van der Waals surface area contributed by atoms with Gasteiger partial charge in [0.05, 0.1) is 6.04 Å². The smallest absolute Gasteiger partial charge is 0.322 e. The summed E-state index contributed by atoms with van der Waals surface area (Å²) in [6, 6.07) is -2.42. The second-order valence-corrected chi connectivity index (χ2v) is 9.00. The lowest BCUT2D eigenvalue weighted by Gasteiger charge is -2.25. The first kappa shape index (κ1) is 27.5. The third kappa shape index (κ3) is 12.7. The van der Waals surface area contributed by atoms with Crippen LogP contribution in [0.1, 0.15) is 33.1 Å². The number of hydrogen-bond donors (Lipinski definition) is 5. The molecule has 0 radical (unpaired) electrons. The van der Waals surface area contributed by atoms with Crippen molar-refractivity contribution in [2.75, 3.05) is 30.6 Å². The van der Waals surface area contributed by atoms with Crippen molar-refractivity contribution in [2.45, 2.75) is 51.2 Å². The molecule has 11 heteroatoms. The van der Waals surface area contributed by atoms with Gasteiger partial charge in [0.25, 0.3) is 0 Å². The van der Waals surface area contributed by atoms with Crippen LogP contribution < -0.4 is 21.7 Å². The minimum atomic E-state index is -1.17. The quantitative estimate of drug-likeness (QED) is 0.235. The fraction of sp³-hybridized carbons (Fsp3) is 0.778. The summed E-state index contributed by atoms with van der Waals surface area (Å²) in [4.78, 5) is 48.1. The normalized spacial score (nSPS) is 14.0.